The van der Waals surface area contributed by atoms with Crippen molar-refractivity contribution in [3.05, 3.63) is 66.9 Å². The van der Waals surface area contributed by atoms with Crippen molar-refractivity contribution in [2.24, 2.45) is 0 Å². The molecule has 0 unspecified atom stereocenters. The highest BCUT2D eigenvalue weighted by atomic mass is 14.9. The minimum absolute atomic E-state index is 0.364. The quantitative estimate of drug-likeness (QED) is 0.741. The lowest BCUT2D eigenvalue weighted by atomic mass is 9.95. The van der Waals surface area contributed by atoms with Crippen molar-refractivity contribution in [2.75, 3.05) is 11.5 Å². The van der Waals surface area contributed by atoms with Gasteiger partial charge >= 0.3 is 0 Å². The highest BCUT2D eigenvalue weighted by molar-refractivity contribution is 5.94. The Morgan fingerprint density at radius 2 is 1.25 bits per heavy atom. The number of nitrogen functional groups attached to an aromatic ring is 2. The highest BCUT2D eigenvalue weighted by Gasteiger charge is 2.13. The molecule has 0 bridgehead atoms. The monoisotopic (exact) mass is 261 g/mol. The standard InChI is InChI=1S/C17H15N3/c18-16-15(13-9-5-2-6-10-13)14(11-20-17(16)19)12-7-3-1-4-8-12/h1-11H,18H2,(H2,19,20). The van der Waals surface area contributed by atoms with Crippen LogP contribution >= 0.6 is 0 Å². The fraction of sp³-hybridized carbons (Fsp3) is 0. The Kier molecular flexibility index (Phi) is 3.09. The second-order valence-electron chi connectivity index (χ2n) is 4.58. The minimum Gasteiger partial charge on any atom is -0.395 e. The molecule has 4 N–H and O–H groups in total. The molecule has 3 rings (SSSR count). The van der Waals surface area contributed by atoms with Gasteiger partial charge < -0.3 is 11.5 Å². The van der Waals surface area contributed by atoms with Gasteiger partial charge in [-0.25, -0.2) is 4.98 Å². The van der Waals surface area contributed by atoms with Gasteiger partial charge in [-0.05, 0) is 11.1 Å². The van der Waals surface area contributed by atoms with E-state index in [9.17, 15) is 0 Å². The molecule has 0 aliphatic heterocycles. The van der Waals surface area contributed by atoms with E-state index in [-0.39, 0.29) is 0 Å². The van der Waals surface area contributed by atoms with Gasteiger partial charge in [-0.1, -0.05) is 60.7 Å². The van der Waals surface area contributed by atoms with Crippen LogP contribution in [0.15, 0.2) is 66.9 Å². The molecule has 1 heterocycles. The SMILES string of the molecule is Nc1ncc(-c2ccccc2)c(-c2ccccc2)c1N. The van der Waals surface area contributed by atoms with Gasteiger partial charge in [0.15, 0.2) is 0 Å². The lowest BCUT2D eigenvalue weighted by Crippen LogP contribution is -2.02. The van der Waals surface area contributed by atoms with E-state index in [1.165, 1.54) is 0 Å². The predicted octanol–water partition coefficient (Wildman–Crippen LogP) is 3.58. The molecule has 1 aromatic heterocycles. The fourth-order valence-electron chi connectivity index (χ4n) is 2.29. The largest absolute Gasteiger partial charge is 0.395 e. The van der Waals surface area contributed by atoms with E-state index < -0.39 is 0 Å². The molecule has 0 amide bonds. The first kappa shape index (κ1) is 12.2. The average molecular weight is 261 g/mol. The molecule has 3 nitrogen and oxygen atoms in total. The first-order valence-corrected chi connectivity index (χ1v) is 6.42. The Hall–Kier alpha value is -2.81. The van der Waals surface area contributed by atoms with Gasteiger partial charge in [0, 0.05) is 17.3 Å². The van der Waals surface area contributed by atoms with E-state index in [1.54, 1.807) is 6.20 Å². The third-order valence-electron chi connectivity index (χ3n) is 3.29. The van der Waals surface area contributed by atoms with E-state index in [1.807, 2.05) is 60.7 Å². The van der Waals surface area contributed by atoms with Crippen LogP contribution in [0.2, 0.25) is 0 Å². The van der Waals surface area contributed by atoms with Crippen LogP contribution in [0.4, 0.5) is 11.5 Å². The van der Waals surface area contributed by atoms with Crippen molar-refractivity contribution in [2.45, 2.75) is 0 Å². The van der Waals surface area contributed by atoms with Crippen LogP contribution in [0.3, 0.4) is 0 Å². The Labute approximate surface area is 117 Å². The van der Waals surface area contributed by atoms with Gasteiger partial charge in [0.2, 0.25) is 0 Å². The zero-order valence-corrected chi connectivity index (χ0v) is 11.0. The normalized spacial score (nSPS) is 10.4. The average Bonchev–Trinajstić information content (AvgIpc) is 2.51. The number of aromatic nitrogens is 1. The van der Waals surface area contributed by atoms with E-state index in [0.29, 0.717) is 11.5 Å². The molecule has 0 saturated carbocycles. The van der Waals surface area contributed by atoms with Gasteiger partial charge in [0.05, 0.1) is 5.69 Å². The number of nitrogens with zero attached hydrogens (tertiary/aromatic N) is 1. The van der Waals surface area contributed by atoms with Crippen LogP contribution < -0.4 is 11.5 Å². The molecule has 0 aliphatic rings. The third-order valence-corrected chi connectivity index (χ3v) is 3.29. The molecule has 0 atom stereocenters. The minimum atomic E-state index is 0.364. The number of hydrogen-bond acceptors (Lipinski definition) is 3. The maximum Gasteiger partial charge on any atom is 0.147 e. The number of nitrogens with two attached hydrogens (primary N) is 2. The van der Waals surface area contributed by atoms with Crippen molar-refractivity contribution in [3.8, 4) is 22.3 Å². The summed E-state index contributed by atoms with van der Waals surface area (Å²) in [5, 5.41) is 0. The van der Waals surface area contributed by atoms with E-state index in [2.05, 4.69) is 4.98 Å². The molecule has 0 aliphatic carbocycles. The second kappa shape index (κ2) is 5.05. The predicted molar refractivity (Wildman–Crippen MR) is 83.9 cm³/mol. The van der Waals surface area contributed by atoms with Gasteiger partial charge in [-0.2, -0.15) is 0 Å². The molecule has 3 aromatic rings. The summed E-state index contributed by atoms with van der Waals surface area (Å²) in [5.41, 5.74) is 16.6. The van der Waals surface area contributed by atoms with E-state index >= 15 is 0 Å². The van der Waals surface area contributed by atoms with Gasteiger partial charge in [0.1, 0.15) is 5.82 Å². The molecule has 3 heteroatoms. The summed E-state index contributed by atoms with van der Waals surface area (Å²) in [5.74, 6) is 0.364. The third kappa shape index (κ3) is 2.10. The fourth-order valence-corrected chi connectivity index (χ4v) is 2.29. The smallest absolute Gasteiger partial charge is 0.147 e. The number of hydrogen-bond donors (Lipinski definition) is 2. The Morgan fingerprint density at radius 3 is 1.85 bits per heavy atom. The van der Waals surface area contributed by atoms with Crippen LogP contribution in [0, 0.1) is 0 Å². The zero-order valence-electron chi connectivity index (χ0n) is 11.0. The lowest BCUT2D eigenvalue weighted by molar-refractivity contribution is 1.34. The summed E-state index contributed by atoms with van der Waals surface area (Å²) >= 11 is 0. The number of rotatable bonds is 2. The van der Waals surface area contributed by atoms with Crippen molar-refractivity contribution in [1.29, 1.82) is 0 Å². The molecule has 2 aromatic carbocycles. The molecule has 20 heavy (non-hydrogen) atoms. The first-order chi connectivity index (χ1) is 9.77. The van der Waals surface area contributed by atoms with Crippen LogP contribution in [-0.2, 0) is 0 Å². The van der Waals surface area contributed by atoms with Crippen molar-refractivity contribution < 1.29 is 0 Å². The second-order valence-corrected chi connectivity index (χ2v) is 4.58. The summed E-state index contributed by atoms with van der Waals surface area (Å²) < 4.78 is 0. The summed E-state index contributed by atoms with van der Waals surface area (Å²) in [4.78, 5) is 4.19. The maximum atomic E-state index is 6.17. The Morgan fingerprint density at radius 1 is 0.700 bits per heavy atom. The molecule has 0 fully saturated rings. The van der Waals surface area contributed by atoms with Crippen LogP contribution in [0.5, 0.6) is 0 Å². The molecule has 0 saturated heterocycles. The summed E-state index contributed by atoms with van der Waals surface area (Å²) in [6, 6.07) is 20.1. The molecular formula is C17H15N3. The van der Waals surface area contributed by atoms with Crippen molar-refractivity contribution >= 4 is 11.5 Å². The summed E-state index contributed by atoms with van der Waals surface area (Å²) in [6.07, 6.45) is 1.78. The molecule has 0 radical (unpaired) electrons. The maximum absolute atomic E-state index is 6.17. The molecule has 98 valence electrons. The van der Waals surface area contributed by atoms with Crippen LogP contribution in [0.25, 0.3) is 22.3 Å². The number of benzene rings is 2. The van der Waals surface area contributed by atoms with Gasteiger partial charge in [0.25, 0.3) is 0 Å². The number of pyridine rings is 1. The number of anilines is 2. The van der Waals surface area contributed by atoms with Gasteiger partial charge in [-0.15, -0.1) is 0 Å². The topological polar surface area (TPSA) is 64.9 Å². The first-order valence-electron chi connectivity index (χ1n) is 6.42. The summed E-state index contributed by atoms with van der Waals surface area (Å²) in [7, 11) is 0. The Bertz CT molecular complexity index is 722. The van der Waals surface area contributed by atoms with E-state index in [4.69, 9.17) is 11.5 Å². The Balaban J connectivity index is 2.29. The van der Waals surface area contributed by atoms with Crippen molar-refractivity contribution in [3.63, 3.8) is 0 Å². The summed E-state index contributed by atoms with van der Waals surface area (Å²) in [6.45, 7) is 0. The molecule has 0 spiro atoms. The highest BCUT2D eigenvalue weighted by Crippen LogP contribution is 2.37. The van der Waals surface area contributed by atoms with Crippen LogP contribution in [0.1, 0.15) is 0 Å². The molecular weight excluding hydrogens is 246 g/mol. The van der Waals surface area contributed by atoms with Gasteiger partial charge in [-0.3, -0.25) is 0 Å². The lowest BCUT2D eigenvalue weighted by Gasteiger charge is -2.14. The van der Waals surface area contributed by atoms with E-state index in [0.717, 1.165) is 22.3 Å². The van der Waals surface area contributed by atoms with Crippen LogP contribution in [-0.4, -0.2) is 4.98 Å². The van der Waals surface area contributed by atoms with Crippen molar-refractivity contribution in [1.82, 2.24) is 4.98 Å². The zero-order chi connectivity index (χ0) is 13.9.